The van der Waals surface area contributed by atoms with E-state index in [4.69, 9.17) is 9.57 Å². The second-order valence-corrected chi connectivity index (χ2v) is 17.3. The van der Waals surface area contributed by atoms with Gasteiger partial charge in [-0.1, -0.05) is 69.3 Å². The van der Waals surface area contributed by atoms with Crippen molar-refractivity contribution in [3.63, 3.8) is 0 Å². The maximum atomic E-state index is 14.4. The summed E-state index contributed by atoms with van der Waals surface area (Å²) in [6.45, 7) is 9.98. The Bertz CT molecular complexity index is 1820. The minimum atomic E-state index is -0.905. The fourth-order valence-electron chi connectivity index (χ4n) is 9.31. The van der Waals surface area contributed by atoms with Crippen molar-refractivity contribution in [3.8, 4) is 16.9 Å². The van der Waals surface area contributed by atoms with Gasteiger partial charge in [0, 0.05) is 61.5 Å². The van der Waals surface area contributed by atoms with Crippen LogP contribution in [0.1, 0.15) is 62.0 Å². The number of anilines is 1. The summed E-state index contributed by atoms with van der Waals surface area (Å²) in [7, 11) is 7.88. The van der Waals surface area contributed by atoms with Gasteiger partial charge in [-0.3, -0.25) is 14.4 Å². The van der Waals surface area contributed by atoms with Crippen molar-refractivity contribution in [3.05, 3.63) is 83.4 Å². The highest BCUT2D eigenvalue weighted by atomic mass is 16.7. The summed E-state index contributed by atoms with van der Waals surface area (Å²) >= 11 is 0. The van der Waals surface area contributed by atoms with Crippen LogP contribution in [0.25, 0.3) is 11.1 Å². The largest absolute Gasteiger partial charge is 0.491 e. The van der Waals surface area contributed by atoms with E-state index in [1.165, 1.54) is 6.42 Å². The summed E-state index contributed by atoms with van der Waals surface area (Å²) in [5.74, 6) is 1.06. The molecule has 56 heavy (non-hydrogen) atoms. The fraction of sp³-hybridized carbons (Fsp3) is 0.556. The molecule has 3 aromatic rings. The first kappa shape index (κ1) is 41.6. The molecule has 0 aromatic heterocycles. The monoisotopic (exact) mass is 769 g/mol. The number of carbonyl (C=O) groups is 2. The Labute approximate surface area is 333 Å². The molecule has 8 atom stereocenters. The molecule has 3 aliphatic carbocycles. The average Bonchev–Trinajstić information content (AvgIpc) is 3.54. The van der Waals surface area contributed by atoms with Crippen LogP contribution in [0.2, 0.25) is 0 Å². The van der Waals surface area contributed by atoms with Crippen LogP contribution < -0.4 is 20.3 Å². The SMILES string of the molecule is C[C@@H]1[C@@H](NC(=O)[C@@H]2[C@H]([C@H](C)O)[C@H](CO)ON2Cc2cccc(-c3cc(C(=O)NCCc4ccccc4)cc(N(C)C)c3)c2OCCN(C)C)C[C@H]2C[C@H]1C2(C)C. The number of amides is 2. The molecular formula is C45H63N5O6. The van der Waals surface area contributed by atoms with E-state index in [1.54, 1.807) is 12.0 Å². The second kappa shape index (κ2) is 17.6. The number of nitrogens with zero attached hydrogens (tertiary/aromatic N) is 3. The minimum absolute atomic E-state index is 0.0333. The van der Waals surface area contributed by atoms with E-state index in [1.807, 2.05) is 92.6 Å². The van der Waals surface area contributed by atoms with Gasteiger partial charge in [0.1, 0.15) is 24.5 Å². The van der Waals surface area contributed by atoms with Crippen molar-refractivity contribution in [1.82, 2.24) is 20.6 Å². The smallest absolute Gasteiger partial charge is 0.251 e. The lowest BCUT2D eigenvalue weighted by atomic mass is 9.45. The molecule has 2 amide bonds. The average molecular weight is 770 g/mol. The number of hydroxylamine groups is 2. The Morgan fingerprint density at radius 1 is 1.04 bits per heavy atom. The van der Waals surface area contributed by atoms with Crippen molar-refractivity contribution < 1.29 is 29.4 Å². The Morgan fingerprint density at radius 3 is 2.43 bits per heavy atom. The molecule has 4 fully saturated rings. The van der Waals surface area contributed by atoms with Crippen LogP contribution >= 0.6 is 0 Å². The molecule has 1 heterocycles. The third-order valence-corrected chi connectivity index (χ3v) is 12.8. The quantitative estimate of drug-likeness (QED) is 0.160. The molecule has 3 aromatic carbocycles. The fourth-order valence-corrected chi connectivity index (χ4v) is 9.31. The number of rotatable bonds is 16. The minimum Gasteiger partial charge on any atom is -0.491 e. The normalized spacial score (nSPS) is 26.0. The zero-order valence-electron chi connectivity index (χ0n) is 34.5. The molecule has 0 spiro atoms. The van der Waals surface area contributed by atoms with Gasteiger partial charge < -0.3 is 35.4 Å². The van der Waals surface area contributed by atoms with Gasteiger partial charge in [-0.2, -0.15) is 5.06 Å². The van der Waals surface area contributed by atoms with E-state index in [-0.39, 0.29) is 36.4 Å². The summed E-state index contributed by atoms with van der Waals surface area (Å²) in [5, 5.41) is 29.6. The summed E-state index contributed by atoms with van der Waals surface area (Å²) in [4.78, 5) is 38.4. The lowest BCUT2D eigenvalue weighted by Gasteiger charge is -2.62. The van der Waals surface area contributed by atoms with Gasteiger partial charge in [0.25, 0.3) is 5.91 Å². The van der Waals surface area contributed by atoms with Crippen molar-refractivity contribution in [2.24, 2.45) is 29.1 Å². The molecule has 4 N–H and O–H groups in total. The van der Waals surface area contributed by atoms with Crippen LogP contribution in [0.4, 0.5) is 5.69 Å². The van der Waals surface area contributed by atoms with Crippen LogP contribution in [0.3, 0.4) is 0 Å². The zero-order chi connectivity index (χ0) is 40.3. The van der Waals surface area contributed by atoms with E-state index in [0.29, 0.717) is 48.8 Å². The Kier molecular flexibility index (Phi) is 13.1. The number of aliphatic hydroxyl groups excluding tert-OH is 2. The van der Waals surface area contributed by atoms with Gasteiger partial charge in [-0.05, 0) is 92.8 Å². The highest BCUT2D eigenvalue weighted by Gasteiger charge is 2.57. The molecule has 7 rings (SSSR count). The molecule has 1 saturated heterocycles. The summed E-state index contributed by atoms with van der Waals surface area (Å²) in [5.41, 5.74) is 5.22. The highest BCUT2D eigenvalue weighted by Crippen LogP contribution is 2.61. The molecule has 11 heteroatoms. The Hall–Kier alpha value is -4.00. The van der Waals surface area contributed by atoms with E-state index < -0.39 is 24.2 Å². The van der Waals surface area contributed by atoms with E-state index in [2.05, 4.69) is 43.5 Å². The number of hydrogen-bond acceptors (Lipinski definition) is 9. The lowest BCUT2D eigenvalue weighted by Crippen LogP contribution is -2.62. The molecule has 304 valence electrons. The maximum Gasteiger partial charge on any atom is 0.251 e. The molecular weight excluding hydrogens is 707 g/mol. The lowest BCUT2D eigenvalue weighted by molar-refractivity contribution is -0.183. The van der Waals surface area contributed by atoms with Gasteiger partial charge in [-0.25, -0.2) is 0 Å². The van der Waals surface area contributed by atoms with Gasteiger partial charge in [-0.15, -0.1) is 0 Å². The zero-order valence-corrected chi connectivity index (χ0v) is 34.5. The molecule has 0 unspecified atom stereocenters. The molecule has 1 aliphatic heterocycles. The van der Waals surface area contributed by atoms with E-state index in [9.17, 15) is 19.8 Å². The molecule has 2 bridgehead atoms. The number of para-hydroxylation sites is 1. The van der Waals surface area contributed by atoms with Gasteiger partial charge in [0.05, 0.1) is 19.3 Å². The third-order valence-electron chi connectivity index (χ3n) is 12.8. The van der Waals surface area contributed by atoms with E-state index in [0.717, 1.165) is 40.8 Å². The van der Waals surface area contributed by atoms with Crippen molar-refractivity contribution >= 4 is 17.5 Å². The number of likely N-dealkylation sites (N-methyl/N-ethyl adjacent to an activating group) is 1. The predicted molar refractivity (Wildman–Crippen MR) is 220 cm³/mol. The second-order valence-electron chi connectivity index (χ2n) is 17.3. The van der Waals surface area contributed by atoms with Gasteiger partial charge >= 0.3 is 0 Å². The number of hydrogen-bond donors (Lipinski definition) is 4. The highest BCUT2D eigenvalue weighted by molar-refractivity contribution is 5.97. The van der Waals surface area contributed by atoms with Crippen LogP contribution in [-0.2, 0) is 22.6 Å². The van der Waals surface area contributed by atoms with Crippen LogP contribution in [0.15, 0.2) is 66.7 Å². The first-order chi connectivity index (χ1) is 26.7. The number of benzene rings is 3. The van der Waals surface area contributed by atoms with E-state index >= 15 is 0 Å². The predicted octanol–water partition coefficient (Wildman–Crippen LogP) is 4.99. The number of fused-ring (bicyclic) bond motifs is 2. The maximum absolute atomic E-state index is 14.4. The van der Waals surface area contributed by atoms with Crippen LogP contribution in [0, 0.1) is 29.1 Å². The first-order valence-electron chi connectivity index (χ1n) is 20.3. The van der Waals surface area contributed by atoms with Crippen molar-refractivity contribution in [1.29, 1.82) is 0 Å². The number of aliphatic hydroxyl groups is 2. The summed E-state index contributed by atoms with van der Waals surface area (Å²) in [6, 6.07) is 21.0. The number of nitrogens with one attached hydrogen (secondary N) is 2. The molecule has 3 saturated carbocycles. The first-order valence-corrected chi connectivity index (χ1v) is 20.3. The van der Waals surface area contributed by atoms with Crippen LogP contribution in [0.5, 0.6) is 5.75 Å². The summed E-state index contributed by atoms with van der Waals surface area (Å²) in [6.07, 6.45) is 1.19. The molecule has 11 nitrogen and oxygen atoms in total. The molecule has 4 aliphatic rings. The van der Waals surface area contributed by atoms with Crippen molar-refractivity contribution in [2.45, 2.75) is 77.8 Å². The summed E-state index contributed by atoms with van der Waals surface area (Å²) < 4.78 is 6.62. The topological polar surface area (TPSA) is 127 Å². The number of ether oxygens (including phenoxy) is 1. The standard InChI is InChI=1S/C45H63N5O6/c1-28-37-24-34(45(37,3)4)25-38(28)47-44(54)41-40(29(2)52)39(27-51)56-50(41)26-31-15-12-16-36(42(31)55-20-19-48(5)6)32-21-33(23-35(22-32)49(7)8)43(53)46-18-17-30-13-10-9-11-14-30/h9-16,21-23,28-29,34,37-41,51-52H,17-20,24-27H2,1-8H3,(H,46,53)(H,47,54)/t28-,29-,34+,37+,38-,39-,40+,41-/m0/s1. The van der Waals surface area contributed by atoms with Gasteiger partial charge in [0.2, 0.25) is 5.91 Å². The van der Waals surface area contributed by atoms with Crippen LogP contribution in [-0.4, -0.2) is 111 Å². The Balaban J connectivity index is 1.31. The Morgan fingerprint density at radius 2 is 1.79 bits per heavy atom. The molecule has 0 radical (unpaired) electrons. The van der Waals surface area contributed by atoms with Gasteiger partial charge in [0.15, 0.2) is 0 Å². The van der Waals surface area contributed by atoms with Crippen molar-refractivity contribution in [2.75, 3.05) is 59.4 Å². The number of carbonyl (C=O) groups excluding carboxylic acids is 2. The third kappa shape index (κ3) is 8.92.